The van der Waals surface area contributed by atoms with Crippen LogP contribution in [0.3, 0.4) is 0 Å². The molecule has 0 aromatic heterocycles. The first-order valence-electron chi connectivity index (χ1n) is 9.48. The van der Waals surface area contributed by atoms with Crippen molar-refractivity contribution in [2.24, 2.45) is 0 Å². The van der Waals surface area contributed by atoms with Crippen LogP contribution < -0.4 is 0 Å². The summed E-state index contributed by atoms with van der Waals surface area (Å²) in [7, 11) is 0. The van der Waals surface area contributed by atoms with Crippen molar-refractivity contribution in [3.05, 3.63) is 0 Å². The van der Waals surface area contributed by atoms with E-state index in [4.69, 9.17) is 0 Å². The lowest BCUT2D eigenvalue weighted by atomic mass is 9.97. The molecule has 3 heterocycles. The minimum Gasteiger partial charge on any atom is -0.325 e. The molecule has 0 saturated carbocycles. The van der Waals surface area contributed by atoms with Crippen LogP contribution in [-0.4, -0.2) is 65.0 Å². The second-order valence-electron chi connectivity index (χ2n) is 7.63. The number of carbonyl (C=O) groups is 1. The zero-order chi connectivity index (χ0) is 15.5. The first kappa shape index (κ1) is 16.1. The molecule has 0 aliphatic carbocycles. The lowest BCUT2D eigenvalue weighted by molar-refractivity contribution is 0.0649. The van der Waals surface area contributed by atoms with Crippen LogP contribution in [0.5, 0.6) is 0 Å². The van der Waals surface area contributed by atoms with Crippen LogP contribution in [-0.2, 0) is 0 Å². The van der Waals surface area contributed by atoms with Crippen molar-refractivity contribution in [1.29, 1.82) is 0 Å². The summed E-state index contributed by atoms with van der Waals surface area (Å²) in [6.07, 6.45) is 10.1. The van der Waals surface area contributed by atoms with Gasteiger partial charge in [-0.3, -0.25) is 0 Å². The highest BCUT2D eigenvalue weighted by Gasteiger charge is 2.34. The van der Waals surface area contributed by atoms with Crippen LogP contribution >= 0.6 is 0 Å². The SMILES string of the molecule is C[C@@H]1CCC[C@@H](C)N1C(=O)N1CCC(N2CCCCC2)CC1. The molecule has 126 valence electrons. The summed E-state index contributed by atoms with van der Waals surface area (Å²) in [6, 6.07) is 1.85. The molecule has 2 amide bonds. The van der Waals surface area contributed by atoms with Gasteiger partial charge in [0.1, 0.15) is 0 Å². The second-order valence-corrected chi connectivity index (χ2v) is 7.63. The topological polar surface area (TPSA) is 26.8 Å². The van der Waals surface area contributed by atoms with Gasteiger partial charge in [-0.15, -0.1) is 0 Å². The Hall–Kier alpha value is -0.770. The van der Waals surface area contributed by atoms with Crippen LogP contribution in [0.2, 0.25) is 0 Å². The van der Waals surface area contributed by atoms with Crippen molar-refractivity contribution >= 4 is 6.03 Å². The molecule has 4 nitrogen and oxygen atoms in total. The van der Waals surface area contributed by atoms with Gasteiger partial charge in [-0.25, -0.2) is 4.79 Å². The molecule has 4 heteroatoms. The van der Waals surface area contributed by atoms with Gasteiger partial charge >= 0.3 is 6.03 Å². The summed E-state index contributed by atoms with van der Waals surface area (Å²) in [5.41, 5.74) is 0. The molecule has 0 N–H and O–H groups in total. The lowest BCUT2D eigenvalue weighted by Crippen LogP contribution is -2.56. The Labute approximate surface area is 135 Å². The van der Waals surface area contributed by atoms with Crippen molar-refractivity contribution in [1.82, 2.24) is 14.7 Å². The van der Waals surface area contributed by atoms with E-state index in [1.165, 1.54) is 64.5 Å². The van der Waals surface area contributed by atoms with Gasteiger partial charge < -0.3 is 14.7 Å². The Morgan fingerprint density at radius 2 is 1.36 bits per heavy atom. The predicted molar refractivity (Wildman–Crippen MR) is 90.0 cm³/mol. The molecule has 0 bridgehead atoms. The normalized spacial score (nSPS) is 32.3. The Morgan fingerprint density at radius 3 is 1.95 bits per heavy atom. The maximum absolute atomic E-state index is 12.9. The Balaban J connectivity index is 1.53. The number of rotatable bonds is 1. The summed E-state index contributed by atoms with van der Waals surface area (Å²) in [6.45, 7) is 8.89. The summed E-state index contributed by atoms with van der Waals surface area (Å²) in [5, 5.41) is 0. The molecule has 3 saturated heterocycles. The molecule has 0 unspecified atom stereocenters. The molecule has 3 aliphatic heterocycles. The van der Waals surface area contributed by atoms with E-state index in [-0.39, 0.29) is 0 Å². The smallest absolute Gasteiger partial charge is 0.320 e. The second kappa shape index (κ2) is 7.20. The van der Waals surface area contributed by atoms with Crippen LogP contribution in [0.4, 0.5) is 4.79 Å². The summed E-state index contributed by atoms with van der Waals surface area (Å²) < 4.78 is 0. The molecule has 0 aromatic rings. The highest BCUT2D eigenvalue weighted by atomic mass is 16.2. The molecule has 3 fully saturated rings. The highest BCUT2D eigenvalue weighted by Crippen LogP contribution is 2.26. The van der Waals surface area contributed by atoms with E-state index in [1.807, 2.05) is 0 Å². The van der Waals surface area contributed by atoms with E-state index in [1.54, 1.807) is 0 Å². The van der Waals surface area contributed by atoms with Gasteiger partial charge in [0.2, 0.25) is 0 Å². The number of hydrogen-bond donors (Lipinski definition) is 0. The average molecular weight is 307 g/mol. The van der Waals surface area contributed by atoms with Gasteiger partial charge in [0.05, 0.1) is 0 Å². The van der Waals surface area contributed by atoms with Gasteiger partial charge in [-0.2, -0.15) is 0 Å². The first-order valence-corrected chi connectivity index (χ1v) is 9.48. The van der Waals surface area contributed by atoms with Crippen LogP contribution in [0.25, 0.3) is 0 Å². The Morgan fingerprint density at radius 1 is 0.773 bits per heavy atom. The minimum absolute atomic E-state index is 0.303. The molecular weight excluding hydrogens is 274 g/mol. The van der Waals surface area contributed by atoms with Gasteiger partial charge in [0, 0.05) is 31.2 Å². The molecule has 2 atom stereocenters. The van der Waals surface area contributed by atoms with Crippen LogP contribution in [0.15, 0.2) is 0 Å². The number of piperidine rings is 3. The summed E-state index contributed by atoms with van der Waals surface area (Å²) in [5.74, 6) is 0. The highest BCUT2D eigenvalue weighted by molar-refractivity contribution is 5.75. The van der Waals surface area contributed by atoms with Crippen molar-refractivity contribution in [2.45, 2.75) is 83.3 Å². The quantitative estimate of drug-likeness (QED) is 0.743. The van der Waals surface area contributed by atoms with Crippen LogP contribution in [0, 0.1) is 0 Å². The Bertz CT molecular complexity index is 363. The van der Waals surface area contributed by atoms with Gasteiger partial charge in [0.25, 0.3) is 0 Å². The first-order chi connectivity index (χ1) is 10.7. The number of hydrogen-bond acceptors (Lipinski definition) is 2. The lowest BCUT2D eigenvalue weighted by Gasteiger charge is -2.45. The molecule has 3 rings (SSSR count). The largest absolute Gasteiger partial charge is 0.325 e. The standard InChI is InChI=1S/C18H33N3O/c1-15-7-6-8-16(2)21(15)18(22)20-13-9-17(10-14-20)19-11-4-3-5-12-19/h15-17H,3-14H2,1-2H3/t15-,16-/m1/s1. The van der Waals surface area contributed by atoms with Gasteiger partial charge in [-0.1, -0.05) is 6.42 Å². The van der Waals surface area contributed by atoms with E-state index >= 15 is 0 Å². The minimum atomic E-state index is 0.303. The molecule has 22 heavy (non-hydrogen) atoms. The van der Waals surface area contributed by atoms with E-state index in [0.717, 1.165) is 19.1 Å². The maximum Gasteiger partial charge on any atom is 0.320 e. The third-order valence-corrected chi connectivity index (χ3v) is 6.06. The van der Waals surface area contributed by atoms with E-state index in [0.29, 0.717) is 18.1 Å². The third-order valence-electron chi connectivity index (χ3n) is 6.06. The molecule has 0 radical (unpaired) electrons. The molecule has 0 spiro atoms. The van der Waals surface area contributed by atoms with Crippen molar-refractivity contribution < 1.29 is 4.79 Å². The van der Waals surface area contributed by atoms with Crippen molar-refractivity contribution in [2.75, 3.05) is 26.2 Å². The zero-order valence-electron chi connectivity index (χ0n) is 14.5. The van der Waals surface area contributed by atoms with E-state index in [2.05, 4.69) is 28.5 Å². The van der Waals surface area contributed by atoms with E-state index < -0.39 is 0 Å². The molecule has 3 aliphatic rings. The fourth-order valence-corrected chi connectivity index (χ4v) is 4.67. The number of carbonyl (C=O) groups excluding carboxylic acids is 1. The molecule has 0 aromatic carbocycles. The summed E-state index contributed by atoms with van der Waals surface area (Å²) >= 11 is 0. The fraction of sp³-hybridized carbons (Fsp3) is 0.944. The summed E-state index contributed by atoms with van der Waals surface area (Å²) in [4.78, 5) is 19.9. The third kappa shape index (κ3) is 3.42. The number of nitrogens with zero attached hydrogens (tertiary/aromatic N) is 3. The average Bonchev–Trinajstić information content (AvgIpc) is 2.55. The van der Waals surface area contributed by atoms with Crippen molar-refractivity contribution in [3.8, 4) is 0 Å². The monoisotopic (exact) mass is 307 g/mol. The Kier molecular flexibility index (Phi) is 5.27. The maximum atomic E-state index is 12.9. The predicted octanol–water partition coefficient (Wildman–Crippen LogP) is 3.32. The van der Waals surface area contributed by atoms with Gasteiger partial charge in [-0.05, 0) is 71.9 Å². The number of likely N-dealkylation sites (tertiary alicyclic amines) is 3. The van der Waals surface area contributed by atoms with Crippen molar-refractivity contribution in [3.63, 3.8) is 0 Å². The van der Waals surface area contributed by atoms with Gasteiger partial charge in [0.15, 0.2) is 0 Å². The number of amides is 2. The van der Waals surface area contributed by atoms with Crippen LogP contribution in [0.1, 0.15) is 65.2 Å². The zero-order valence-corrected chi connectivity index (χ0v) is 14.5. The number of urea groups is 1. The molecular formula is C18H33N3O. The van der Waals surface area contributed by atoms with E-state index in [9.17, 15) is 4.79 Å². The fourth-order valence-electron chi connectivity index (χ4n) is 4.67.